The number of hydrogen-bond donors (Lipinski definition) is 0. The molecule has 0 aromatic carbocycles. The van der Waals surface area contributed by atoms with Crippen LogP contribution in [0.5, 0.6) is 5.75 Å². The van der Waals surface area contributed by atoms with Crippen molar-refractivity contribution in [3.05, 3.63) is 24.0 Å². The van der Waals surface area contributed by atoms with Crippen molar-refractivity contribution in [2.45, 2.75) is 25.7 Å². The van der Waals surface area contributed by atoms with Gasteiger partial charge in [-0.1, -0.05) is 19.6 Å². The highest BCUT2D eigenvalue weighted by Crippen LogP contribution is 2.10. The summed E-state index contributed by atoms with van der Waals surface area (Å²) in [7, 11) is -1.04. The van der Waals surface area contributed by atoms with Crippen LogP contribution in [0.1, 0.15) is 10.4 Å². The van der Waals surface area contributed by atoms with E-state index in [-0.39, 0.29) is 6.79 Å². The molecule has 0 aliphatic heterocycles. The predicted molar refractivity (Wildman–Crippen MR) is 69.2 cm³/mol. The molecule has 1 aromatic heterocycles. The van der Waals surface area contributed by atoms with Crippen molar-refractivity contribution in [1.82, 2.24) is 4.98 Å². The molecule has 0 fully saturated rings. The molecule has 0 radical (unpaired) electrons. The summed E-state index contributed by atoms with van der Waals surface area (Å²) < 4.78 is 10.7. The lowest BCUT2D eigenvalue weighted by molar-refractivity contribution is 0.0218. The number of rotatable bonds is 7. The first-order valence-corrected chi connectivity index (χ1v) is 9.33. The molecule has 0 atom stereocenters. The third-order valence-electron chi connectivity index (χ3n) is 2.18. The number of nitrogens with zero attached hydrogens (tertiary/aromatic N) is 1. The fourth-order valence-corrected chi connectivity index (χ4v) is 1.88. The van der Waals surface area contributed by atoms with E-state index in [1.54, 1.807) is 12.3 Å². The van der Waals surface area contributed by atoms with Crippen LogP contribution in [0.3, 0.4) is 0 Å². The van der Waals surface area contributed by atoms with Crippen LogP contribution in [0, 0.1) is 0 Å². The van der Waals surface area contributed by atoms with Crippen molar-refractivity contribution < 1.29 is 14.3 Å². The quantitative estimate of drug-likeness (QED) is 0.324. The molecule has 0 saturated heterocycles. The van der Waals surface area contributed by atoms with Crippen molar-refractivity contribution in [2.75, 3.05) is 13.4 Å². The van der Waals surface area contributed by atoms with Crippen LogP contribution in [-0.4, -0.2) is 32.7 Å². The minimum Gasteiger partial charge on any atom is -0.466 e. The second kappa shape index (κ2) is 6.51. The average molecular weight is 253 g/mol. The molecule has 5 heteroatoms. The lowest BCUT2D eigenvalue weighted by Crippen LogP contribution is -2.22. The first-order valence-electron chi connectivity index (χ1n) is 5.62. The van der Waals surface area contributed by atoms with Crippen LogP contribution >= 0.6 is 0 Å². The first-order chi connectivity index (χ1) is 8.01. The van der Waals surface area contributed by atoms with Crippen molar-refractivity contribution in [1.29, 1.82) is 0 Å². The Hall–Kier alpha value is -1.20. The zero-order valence-corrected chi connectivity index (χ0v) is 11.6. The van der Waals surface area contributed by atoms with Crippen LogP contribution in [0.4, 0.5) is 0 Å². The van der Waals surface area contributed by atoms with Gasteiger partial charge in [0.05, 0.1) is 6.20 Å². The molecule has 17 heavy (non-hydrogen) atoms. The summed E-state index contributed by atoms with van der Waals surface area (Å²) in [5.74, 6) is 0.558. The van der Waals surface area contributed by atoms with Crippen molar-refractivity contribution in [2.24, 2.45) is 0 Å². The summed E-state index contributed by atoms with van der Waals surface area (Å²) in [6.07, 6.45) is 3.80. The van der Waals surface area contributed by atoms with Crippen LogP contribution < -0.4 is 4.74 Å². The largest absolute Gasteiger partial charge is 0.466 e. The number of pyridine rings is 1. The molecule has 0 unspecified atom stereocenters. The van der Waals surface area contributed by atoms with Gasteiger partial charge in [0, 0.05) is 26.4 Å². The van der Waals surface area contributed by atoms with Gasteiger partial charge < -0.3 is 9.47 Å². The second-order valence-corrected chi connectivity index (χ2v) is 10.7. The molecule has 0 spiro atoms. The van der Waals surface area contributed by atoms with Gasteiger partial charge in [-0.25, -0.2) is 0 Å². The maximum atomic E-state index is 10.5. The Morgan fingerprint density at radius 3 is 2.76 bits per heavy atom. The summed E-state index contributed by atoms with van der Waals surface area (Å²) >= 11 is 0. The van der Waals surface area contributed by atoms with E-state index in [0.717, 1.165) is 18.9 Å². The smallest absolute Gasteiger partial charge is 0.189 e. The van der Waals surface area contributed by atoms with Gasteiger partial charge in [-0.05, 0) is 12.1 Å². The molecule has 1 aromatic rings. The lowest BCUT2D eigenvalue weighted by Gasteiger charge is -2.15. The van der Waals surface area contributed by atoms with Gasteiger partial charge in [0.2, 0.25) is 0 Å². The number of carbonyl (C=O) groups excluding carboxylic acids is 1. The Balaban J connectivity index is 2.24. The highest BCUT2D eigenvalue weighted by molar-refractivity contribution is 6.76. The van der Waals surface area contributed by atoms with Crippen molar-refractivity contribution in [3.63, 3.8) is 0 Å². The molecule has 4 nitrogen and oxygen atoms in total. The minimum absolute atomic E-state index is 0.203. The minimum atomic E-state index is -1.04. The highest BCUT2D eigenvalue weighted by Gasteiger charge is 2.11. The lowest BCUT2D eigenvalue weighted by atomic mass is 10.3. The molecule has 0 aliphatic carbocycles. The Bertz CT molecular complexity index is 363. The van der Waals surface area contributed by atoms with E-state index < -0.39 is 8.07 Å². The molecule has 0 saturated carbocycles. The second-order valence-electron chi connectivity index (χ2n) is 5.05. The zero-order chi connectivity index (χ0) is 12.7. The van der Waals surface area contributed by atoms with Gasteiger partial charge in [0.1, 0.15) is 5.75 Å². The Labute approximate surface area is 103 Å². The van der Waals surface area contributed by atoms with E-state index in [1.807, 2.05) is 0 Å². The third kappa shape index (κ3) is 6.18. The summed E-state index contributed by atoms with van der Waals surface area (Å²) in [6, 6.07) is 2.75. The van der Waals surface area contributed by atoms with Gasteiger partial charge in [-0.3, -0.25) is 9.78 Å². The van der Waals surface area contributed by atoms with Gasteiger partial charge in [-0.15, -0.1) is 0 Å². The maximum Gasteiger partial charge on any atom is 0.189 e. The molecule has 94 valence electrons. The van der Waals surface area contributed by atoms with Crippen LogP contribution in [-0.2, 0) is 4.74 Å². The highest BCUT2D eigenvalue weighted by atomic mass is 28.3. The molecule has 0 bridgehead atoms. The van der Waals surface area contributed by atoms with Crippen molar-refractivity contribution >= 4 is 14.4 Å². The molecule has 0 N–H and O–H groups in total. The topological polar surface area (TPSA) is 48.4 Å². The van der Waals surface area contributed by atoms with Crippen molar-refractivity contribution in [3.8, 4) is 5.75 Å². The monoisotopic (exact) mass is 253 g/mol. The first kappa shape index (κ1) is 13.9. The zero-order valence-electron chi connectivity index (χ0n) is 10.6. The van der Waals surface area contributed by atoms with E-state index in [2.05, 4.69) is 24.6 Å². The number of aromatic nitrogens is 1. The van der Waals surface area contributed by atoms with Gasteiger partial charge >= 0.3 is 0 Å². The Kier molecular flexibility index (Phi) is 5.31. The van der Waals surface area contributed by atoms with Gasteiger partial charge in [0.25, 0.3) is 0 Å². The normalized spacial score (nSPS) is 11.2. The average Bonchev–Trinajstić information content (AvgIpc) is 2.27. The van der Waals surface area contributed by atoms with E-state index >= 15 is 0 Å². The van der Waals surface area contributed by atoms with Gasteiger partial charge in [-0.2, -0.15) is 0 Å². The molecule has 1 rings (SSSR count). The predicted octanol–water partition coefficient (Wildman–Crippen LogP) is 2.59. The number of ether oxygens (including phenoxy) is 2. The summed E-state index contributed by atoms with van der Waals surface area (Å²) in [6.45, 7) is 7.82. The third-order valence-corrected chi connectivity index (χ3v) is 3.88. The SMILES string of the molecule is C[Si](C)(C)CCOCOc1cncc(C=O)c1. The molecule has 0 aliphatic rings. The fraction of sp³-hybridized carbons (Fsp3) is 0.500. The number of hydrogen-bond acceptors (Lipinski definition) is 4. The summed E-state index contributed by atoms with van der Waals surface area (Å²) in [4.78, 5) is 14.4. The summed E-state index contributed by atoms with van der Waals surface area (Å²) in [5.41, 5.74) is 0.504. The van der Waals surface area contributed by atoms with Crippen LogP contribution in [0.2, 0.25) is 25.7 Å². The number of aldehydes is 1. The van der Waals surface area contributed by atoms with Crippen LogP contribution in [0.15, 0.2) is 18.5 Å². The fourth-order valence-electron chi connectivity index (χ4n) is 1.13. The van der Waals surface area contributed by atoms with Gasteiger partial charge in [0.15, 0.2) is 13.1 Å². The molecule has 1 heterocycles. The Morgan fingerprint density at radius 2 is 2.12 bits per heavy atom. The Morgan fingerprint density at radius 1 is 1.35 bits per heavy atom. The van der Waals surface area contributed by atoms with E-state index in [4.69, 9.17) is 9.47 Å². The van der Waals surface area contributed by atoms with E-state index in [1.165, 1.54) is 6.20 Å². The molecular weight excluding hydrogens is 234 g/mol. The van der Waals surface area contributed by atoms with E-state index in [9.17, 15) is 4.79 Å². The standard InChI is InChI=1S/C12H19NO3Si/c1-17(2,3)5-4-15-10-16-12-6-11(9-14)7-13-8-12/h6-9H,4-5,10H2,1-3H3. The number of carbonyl (C=O) groups is 1. The maximum absolute atomic E-state index is 10.5. The molecular formula is C12H19NO3Si. The van der Waals surface area contributed by atoms with E-state index in [0.29, 0.717) is 11.3 Å². The van der Waals surface area contributed by atoms with Crippen LogP contribution in [0.25, 0.3) is 0 Å². The summed E-state index contributed by atoms with van der Waals surface area (Å²) in [5, 5.41) is 0. The molecule has 0 amide bonds.